The zero-order valence-corrected chi connectivity index (χ0v) is 26.4. The summed E-state index contributed by atoms with van der Waals surface area (Å²) >= 11 is 0. The Bertz CT molecular complexity index is 1640. The van der Waals surface area contributed by atoms with Crippen molar-refractivity contribution in [1.82, 2.24) is 25.6 Å². The number of benzene rings is 3. The monoisotopic (exact) mass is 563 g/mol. The fourth-order valence-electron chi connectivity index (χ4n) is 5.05. The first-order valence-electron chi connectivity index (χ1n) is 14.5. The Morgan fingerprint density at radius 3 is 2.29 bits per heavy atom. The van der Waals surface area contributed by atoms with Crippen molar-refractivity contribution in [1.29, 1.82) is 0 Å². The molecule has 5 aromatic rings. The highest BCUT2D eigenvalue weighted by Crippen LogP contribution is 2.38. The Balaban J connectivity index is 1.55. The fourth-order valence-corrected chi connectivity index (χ4v) is 5.98. The molecule has 2 heterocycles. The topological polar surface area (TPSA) is 76.6 Å². The predicted octanol–water partition coefficient (Wildman–Crippen LogP) is 8.46. The van der Waals surface area contributed by atoms with E-state index in [9.17, 15) is 0 Å². The van der Waals surface area contributed by atoms with Crippen LogP contribution in [0.2, 0.25) is 18.1 Å². The number of fused-ring (bicyclic) bond motifs is 1. The Morgan fingerprint density at radius 1 is 0.902 bits per heavy atom. The van der Waals surface area contributed by atoms with Crippen molar-refractivity contribution in [2.24, 2.45) is 0 Å². The van der Waals surface area contributed by atoms with E-state index in [-0.39, 0.29) is 5.04 Å². The van der Waals surface area contributed by atoms with E-state index in [1.807, 2.05) is 18.2 Å². The van der Waals surface area contributed by atoms with Gasteiger partial charge in [-0.1, -0.05) is 94.3 Å². The van der Waals surface area contributed by atoms with E-state index in [1.165, 1.54) is 33.3 Å². The molecular formula is C34H41N5OSi. The Hall–Kier alpha value is -3.68. The average Bonchev–Trinajstić information content (AvgIpc) is 3.48. The molecule has 6 nitrogen and oxygen atoms in total. The van der Waals surface area contributed by atoms with Gasteiger partial charge < -0.3 is 4.43 Å². The van der Waals surface area contributed by atoms with Crippen LogP contribution in [0.4, 0.5) is 0 Å². The number of nitrogens with one attached hydrogen (secondary N) is 1. The highest BCUT2D eigenvalue weighted by atomic mass is 28.4. The third-order valence-electron chi connectivity index (χ3n) is 8.49. The van der Waals surface area contributed by atoms with Gasteiger partial charge in [0.2, 0.25) is 0 Å². The quantitative estimate of drug-likeness (QED) is 0.182. The summed E-state index contributed by atoms with van der Waals surface area (Å²) in [6.07, 6.45) is 2.81. The van der Waals surface area contributed by atoms with E-state index < -0.39 is 8.32 Å². The number of H-pyrrole nitrogens is 1. The van der Waals surface area contributed by atoms with Crippen molar-refractivity contribution < 1.29 is 4.43 Å². The molecule has 1 N–H and O–H groups in total. The van der Waals surface area contributed by atoms with Crippen LogP contribution in [0.1, 0.15) is 62.1 Å². The maximum Gasteiger partial charge on any atom is 0.192 e. The van der Waals surface area contributed by atoms with E-state index in [1.54, 1.807) is 0 Å². The maximum absolute atomic E-state index is 6.86. The van der Waals surface area contributed by atoms with Gasteiger partial charge in [-0.2, -0.15) is 0 Å². The lowest BCUT2D eigenvalue weighted by atomic mass is 9.92. The minimum absolute atomic E-state index is 0.145. The summed E-state index contributed by atoms with van der Waals surface area (Å²) in [4.78, 5) is 5.19. The number of hydrogen-bond donors (Lipinski definition) is 1. The van der Waals surface area contributed by atoms with Gasteiger partial charge in [0.1, 0.15) is 0 Å². The second-order valence-corrected chi connectivity index (χ2v) is 17.3. The van der Waals surface area contributed by atoms with Crippen molar-refractivity contribution in [3.63, 3.8) is 0 Å². The molecule has 0 aliphatic heterocycles. The van der Waals surface area contributed by atoms with Crippen LogP contribution >= 0.6 is 0 Å². The van der Waals surface area contributed by atoms with Crippen molar-refractivity contribution in [2.75, 3.05) is 0 Å². The van der Waals surface area contributed by atoms with Gasteiger partial charge in [0.25, 0.3) is 0 Å². The SMILES string of the molecule is CCCc1nc2ccc(C)cc2c(CO[Si](C)(C)C(C)(C)C)c1Cc1ccc(-c2ccccc2-c2nnn[nH]2)cc1. The molecule has 2 aromatic heterocycles. The van der Waals surface area contributed by atoms with E-state index in [0.29, 0.717) is 12.4 Å². The second kappa shape index (κ2) is 11.7. The van der Waals surface area contributed by atoms with Crippen LogP contribution in [0.25, 0.3) is 33.4 Å². The summed E-state index contributed by atoms with van der Waals surface area (Å²) in [7, 11) is -1.95. The van der Waals surface area contributed by atoms with Crippen molar-refractivity contribution in [2.45, 2.75) is 78.6 Å². The summed E-state index contributed by atoms with van der Waals surface area (Å²) in [6, 6.07) is 23.7. The molecule has 0 aliphatic carbocycles. The largest absolute Gasteiger partial charge is 0.413 e. The van der Waals surface area contributed by atoms with E-state index >= 15 is 0 Å². The number of nitrogens with zero attached hydrogens (tertiary/aromatic N) is 4. The number of aryl methyl sites for hydroxylation is 2. The summed E-state index contributed by atoms with van der Waals surface area (Å²) in [5.74, 6) is 0.665. The number of rotatable bonds is 9. The standard InChI is InChI=1S/C34H41N5OSi/c1-8-11-31-29(30(22-40-41(6,7)34(3,4)5)28-20-23(2)14-19-32(28)35-31)21-24-15-17-25(18-16-24)26-12-9-10-13-27(26)33-36-38-39-37-33/h9-10,12-20H,8,11,21-22H2,1-7H3,(H,36,37,38,39). The summed E-state index contributed by atoms with van der Waals surface area (Å²) in [5, 5.41) is 15.9. The van der Waals surface area contributed by atoms with E-state index in [4.69, 9.17) is 9.41 Å². The van der Waals surface area contributed by atoms with Gasteiger partial charge >= 0.3 is 0 Å². The van der Waals surface area contributed by atoms with Crippen LogP contribution < -0.4 is 0 Å². The summed E-state index contributed by atoms with van der Waals surface area (Å²) in [5.41, 5.74) is 10.5. The van der Waals surface area contributed by atoms with Crippen LogP contribution in [0.5, 0.6) is 0 Å². The lowest BCUT2D eigenvalue weighted by molar-refractivity contribution is 0.276. The predicted molar refractivity (Wildman–Crippen MR) is 170 cm³/mol. The van der Waals surface area contributed by atoms with Gasteiger partial charge in [0.05, 0.1) is 12.1 Å². The molecule has 0 amide bonds. The fraction of sp³-hybridized carbons (Fsp3) is 0.353. The smallest absolute Gasteiger partial charge is 0.192 e. The number of hydrogen-bond acceptors (Lipinski definition) is 5. The minimum atomic E-state index is -1.95. The number of tetrazole rings is 1. The van der Waals surface area contributed by atoms with Crippen molar-refractivity contribution >= 4 is 19.2 Å². The Labute approximate surface area is 244 Å². The lowest BCUT2D eigenvalue weighted by Crippen LogP contribution is -2.40. The van der Waals surface area contributed by atoms with E-state index in [2.05, 4.69) is 117 Å². The normalized spacial score (nSPS) is 12.3. The zero-order valence-electron chi connectivity index (χ0n) is 25.4. The van der Waals surface area contributed by atoms with Gasteiger partial charge in [-0.05, 0) is 88.3 Å². The average molecular weight is 564 g/mol. The molecule has 41 heavy (non-hydrogen) atoms. The van der Waals surface area contributed by atoms with Crippen LogP contribution in [0, 0.1) is 6.92 Å². The molecule has 7 heteroatoms. The molecule has 0 fully saturated rings. The first-order chi connectivity index (χ1) is 19.6. The molecule has 0 atom stereocenters. The molecule has 0 bridgehead atoms. The van der Waals surface area contributed by atoms with Gasteiger partial charge in [-0.25, -0.2) is 5.10 Å². The third kappa shape index (κ3) is 6.16. The van der Waals surface area contributed by atoms with Crippen LogP contribution in [0.3, 0.4) is 0 Å². The lowest BCUT2D eigenvalue weighted by Gasteiger charge is -2.36. The molecule has 0 aliphatic rings. The van der Waals surface area contributed by atoms with Gasteiger partial charge in [-0.15, -0.1) is 5.10 Å². The molecular weight excluding hydrogens is 522 g/mol. The Kier molecular flexibility index (Phi) is 8.20. The molecule has 5 rings (SSSR count). The highest BCUT2D eigenvalue weighted by molar-refractivity contribution is 6.74. The maximum atomic E-state index is 6.86. The number of aromatic amines is 1. The molecule has 0 saturated heterocycles. The molecule has 212 valence electrons. The first kappa shape index (κ1) is 28.8. The third-order valence-corrected chi connectivity index (χ3v) is 13.0. The van der Waals surface area contributed by atoms with Gasteiger partial charge in [-0.3, -0.25) is 4.98 Å². The molecule has 0 spiro atoms. The highest BCUT2D eigenvalue weighted by Gasteiger charge is 2.37. The second-order valence-electron chi connectivity index (χ2n) is 12.5. The molecule has 3 aromatic carbocycles. The molecule has 0 saturated carbocycles. The summed E-state index contributed by atoms with van der Waals surface area (Å²) < 4.78 is 6.86. The zero-order chi connectivity index (χ0) is 29.2. The summed E-state index contributed by atoms with van der Waals surface area (Å²) in [6.45, 7) is 16.6. The first-order valence-corrected chi connectivity index (χ1v) is 17.5. The van der Waals surface area contributed by atoms with E-state index in [0.717, 1.165) is 41.5 Å². The van der Waals surface area contributed by atoms with Crippen LogP contribution in [0.15, 0.2) is 66.7 Å². The van der Waals surface area contributed by atoms with Gasteiger partial charge in [0, 0.05) is 16.6 Å². The number of aromatic nitrogens is 5. The van der Waals surface area contributed by atoms with Crippen LogP contribution in [-0.2, 0) is 23.9 Å². The van der Waals surface area contributed by atoms with Gasteiger partial charge in [0.15, 0.2) is 14.1 Å². The minimum Gasteiger partial charge on any atom is -0.413 e. The van der Waals surface area contributed by atoms with Crippen LogP contribution in [-0.4, -0.2) is 33.9 Å². The molecule has 0 radical (unpaired) electrons. The number of pyridine rings is 1. The Morgan fingerprint density at radius 2 is 1.63 bits per heavy atom. The van der Waals surface area contributed by atoms with Crippen molar-refractivity contribution in [3.8, 4) is 22.5 Å². The van der Waals surface area contributed by atoms with Crippen molar-refractivity contribution in [3.05, 3.63) is 94.7 Å². The molecule has 0 unspecified atom stereocenters.